The highest BCUT2D eigenvalue weighted by Gasteiger charge is 2.24. The van der Waals surface area contributed by atoms with Crippen molar-refractivity contribution < 1.29 is 0 Å². The van der Waals surface area contributed by atoms with E-state index in [1.807, 2.05) is 11.6 Å². The molecule has 3 N–H and O–H groups in total. The van der Waals surface area contributed by atoms with Crippen LogP contribution in [0.5, 0.6) is 0 Å². The number of rotatable bonds is 6. The molecule has 4 rings (SSSR count). The maximum atomic E-state index is 4.83. The molecular weight excluding hydrogens is 489 g/mol. The van der Waals surface area contributed by atoms with Crippen molar-refractivity contribution in [3.63, 3.8) is 0 Å². The van der Waals surface area contributed by atoms with Crippen LogP contribution in [0, 0.1) is 6.92 Å². The first kappa shape index (κ1) is 22.6. The summed E-state index contributed by atoms with van der Waals surface area (Å²) in [6.45, 7) is 8.75. The monoisotopic (exact) mass is 521 g/mol. The second-order valence-electron chi connectivity index (χ2n) is 7.60. The summed E-state index contributed by atoms with van der Waals surface area (Å²) < 4.78 is 2.03. The largest absolute Gasteiger partial charge is 0.361 e. The zero-order valence-electron chi connectivity index (χ0n) is 18.0. The van der Waals surface area contributed by atoms with E-state index in [0.29, 0.717) is 0 Å². The van der Waals surface area contributed by atoms with Crippen LogP contribution in [0.15, 0.2) is 29.4 Å². The van der Waals surface area contributed by atoms with Crippen molar-refractivity contribution in [3.8, 4) is 0 Å². The number of halogens is 1. The molecule has 0 spiro atoms. The van der Waals surface area contributed by atoms with Crippen LogP contribution in [0.3, 0.4) is 0 Å². The number of benzene rings is 1. The molecule has 1 unspecified atom stereocenters. The number of hydrogen-bond donors (Lipinski definition) is 3. The van der Waals surface area contributed by atoms with Crippen molar-refractivity contribution in [1.82, 2.24) is 30.4 Å². The third kappa shape index (κ3) is 4.79. The predicted molar refractivity (Wildman–Crippen MR) is 133 cm³/mol. The van der Waals surface area contributed by atoms with Crippen molar-refractivity contribution >= 4 is 40.8 Å². The SMILES string of the molecule is CCNC(=NCCc1c[nH]c2c(CC)cccc12)NC1CCCn2nc(C)nc21.I. The van der Waals surface area contributed by atoms with Crippen molar-refractivity contribution in [2.45, 2.75) is 59.0 Å². The summed E-state index contributed by atoms with van der Waals surface area (Å²) in [5, 5.41) is 12.8. The number of H-pyrrole nitrogens is 1. The smallest absolute Gasteiger partial charge is 0.191 e. The van der Waals surface area contributed by atoms with Gasteiger partial charge in [-0.05, 0) is 50.7 Å². The number of nitrogens with zero attached hydrogens (tertiary/aromatic N) is 4. The van der Waals surface area contributed by atoms with Gasteiger partial charge in [0.05, 0.1) is 6.04 Å². The van der Waals surface area contributed by atoms with Crippen LogP contribution in [-0.2, 0) is 19.4 Å². The van der Waals surface area contributed by atoms with Crippen molar-refractivity contribution in [1.29, 1.82) is 0 Å². The molecule has 2 aromatic heterocycles. The molecule has 162 valence electrons. The number of aliphatic imine (C=N–C) groups is 1. The third-order valence-electron chi connectivity index (χ3n) is 5.56. The van der Waals surface area contributed by atoms with E-state index in [4.69, 9.17) is 4.99 Å². The minimum atomic E-state index is 0. The molecule has 0 saturated heterocycles. The average Bonchev–Trinajstić information content (AvgIpc) is 3.31. The summed E-state index contributed by atoms with van der Waals surface area (Å²) in [6, 6.07) is 6.70. The molecule has 3 heterocycles. The zero-order valence-corrected chi connectivity index (χ0v) is 20.4. The van der Waals surface area contributed by atoms with Gasteiger partial charge < -0.3 is 15.6 Å². The first-order chi connectivity index (χ1) is 14.2. The Kier molecular flexibility index (Phi) is 7.74. The summed E-state index contributed by atoms with van der Waals surface area (Å²) >= 11 is 0. The van der Waals surface area contributed by atoms with Gasteiger partial charge in [0.1, 0.15) is 11.6 Å². The minimum Gasteiger partial charge on any atom is -0.361 e. The van der Waals surface area contributed by atoms with E-state index in [2.05, 4.69) is 63.9 Å². The Morgan fingerprint density at radius 1 is 1.30 bits per heavy atom. The molecule has 1 aliphatic rings. The first-order valence-electron chi connectivity index (χ1n) is 10.7. The fourth-order valence-corrected chi connectivity index (χ4v) is 4.16. The Balaban J connectivity index is 0.00000256. The number of nitrogens with one attached hydrogen (secondary N) is 3. The van der Waals surface area contributed by atoms with Gasteiger partial charge in [0.2, 0.25) is 0 Å². The van der Waals surface area contributed by atoms with Crippen molar-refractivity contribution in [3.05, 3.63) is 47.2 Å². The summed E-state index contributed by atoms with van der Waals surface area (Å²) in [5.74, 6) is 2.70. The highest BCUT2D eigenvalue weighted by Crippen LogP contribution is 2.24. The van der Waals surface area contributed by atoms with Gasteiger partial charge in [0.15, 0.2) is 5.96 Å². The minimum absolute atomic E-state index is 0. The van der Waals surface area contributed by atoms with Crippen LogP contribution >= 0.6 is 24.0 Å². The average molecular weight is 521 g/mol. The number of aromatic nitrogens is 4. The van der Waals surface area contributed by atoms with Crippen LogP contribution in [0.25, 0.3) is 10.9 Å². The predicted octanol–water partition coefficient (Wildman–Crippen LogP) is 3.88. The maximum absolute atomic E-state index is 4.83. The fourth-order valence-electron chi connectivity index (χ4n) is 4.16. The topological polar surface area (TPSA) is 82.9 Å². The van der Waals surface area contributed by atoms with Gasteiger partial charge in [0.25, 0.3) is 0 Å². The molecule has 1 aromatic carbocycles. The molecule has 1 aliphatic heterocycles. The van der Waals surface area contributed by atoms with E-state index < -0.39 is 0 Å². The number of guanidine groups is 1. The number of hydrogen-bond acceptors (Lipinski definition) is 3. The van der Waals surface area contributed by atoms with Crippen molar-refractivity contribution in [2.75, 3.05) is 13.1 Å². The molecule has 30 heavy (non-hydrogen) atoms. The zero-order chi connectivity index (χ0) is 20.2. The molecule has 3 aromatic rings. The summed E-state index contributed by atoms with van der Waals surface area (Å²) in [7, 11) is 0. The van der Waals surface area contributed by atoms with Gasteiger partial charge >= 0.3 is 0 Å². The normalized spacial score (nSPS) is 16.2. The number of aryl methyl sites for hydroxylation is 3. The number of para-hydroxylation sites is 1. The quantitative estimate of drug-likeness (QED) is 0.261. The highest BCUT2D eigenvalue weighted by atomic mass is 127. The van der Waals surface area contributed by atoms with Crippen LogP contribution in [0.4, 0.5) is 0 Å². The molecule has 0 fully saturated rings. The van der Waals surface area contributed by atoms with Crippen LogP contribution in [0.1, 0.15) is 55.5 Å². The van der Waals surface area contributed by atoms with Gasteiger partial charge in [-0.25, -0.2) is 9.67 Å². The Labute approximate surface area is 195 Å². The second kappa shape index (κ2) is 10.3. The Hall–Kier alpha value is -2.10. The lowest BCUT2D eigenvalue weighted by atomic mass is 10.1. The summed E-state index contributed by atoms with van der Waals surface area (Å²) in [6.07, 6.45) is 6.22. The molecule has 0 bridgehead atoms. The number of fused-ring (bicyclic) bond motifs is 2. The van der Waals surface area contributed by atoms with Gasteiger partial charge in [-0.3, -0.25) is 4.99 Å². The van der Waals surface area contributed by atoms with E-state index in [0.717, 1.165) is 62.9 Å². The molecular formula is C22H32IN7. The molecule has 7 nitrogen and oxygen atoms in total. The fraction of sp³-hybridized carbons (Fsp3) is 0.500. The lowest BCUT2D eigenvalue weighted by Crippen LogP contribution is -2.41. The first-order valence-corrected chi connectivity index (χ1v) is 10.7. The van der Waals surface area contributed by atoms with E-state index >= 15 is 0 Å². The van der Waals surface area contributed by atoms with Crippen LogP contribution in [0.2, 0.25) is 0 Å². The maximum Gasteiger partial charge on any atom is 0.191 e. The molecule has 0 aliphatic carbocycles. The summed E-state index contributed by atoms with van der Waals surface area (Å²) in [5.41, 5.74) is 3.95. The van der Waals surface area contributed by atoms with Crippen LogP contribution < -0.4 is 10.6 Å². The van der Waals surface area contributed by atoms with Crippen LogP contribution in [-0.4, -0.2) is 38.8 Å². The Morgan fingerprint density at radius 2 is 2.17 bits per heavy atom. The molecule has 0 amide bonds. The molecule has 0 saturated carbocycles. The lowest BCUT2D eigenvalue weighted by Gasteiger charge is -2.25. The van der Waals surface area contributed by atoms with E-state index in [-0.39, 0.29) is 30.0 Å². The van der Waals surface area contributed by atoms with Crippen molar-refractivity contribution in [2.24, 2.45) is 4.99 Å². The number of aromatic amines is 1. The molecule has 8 heteroatoms. The van der Waals surface area contributed by atoms with Gasteiger partial charge in [0, 0.05) is 36.7 Å². The molecule has 0 radical (unpaired) electrons. The Bertz CT molecular complexity index is 1000. The van der Waals surface area contributed by atoms with E-state index in [9.17, 15) is 0 Å². The highest BCUT2D eigenvalue weighted by molar-refractivity contribution is 14.0. The molecule has 1 atom stereocenters. The standard InChI is InChI=1S/C22H31N7.HI/c1-4-16-8-6-9-18-17(14-25-20(16)18)11-12-24-22(23-5-2)27-19-10-7-13-29-21(19)26-15(3)28-29;/h6,8-9,14,19,25H,4-5,7,10-13H2,1-3H3,(H2,23,24,27);1H. The summed E-state index contributed by atoms with van der Waals surface area (Å²) in [4.78, 5) is 12.9. The van der Waals surface area contributed by atoms with E-state index in [1.54, 1.807) is 0 Å². The van der Waals surface area contributed by atoms with Gasteiger partial charge in [-0.1, -0.05) is 25.1 Å². The van der Waals surface area contributed by atoms with Gasteiger partial charge in [-0.15, -0.1) is 24.0 Å². The third-order valence-corrected chi connectivity index (χ3v) is 5.56. The lowest BCUT2D eigenvalue weighted by molar-refractivity contribution is 0.397. The second-order valence-corrected chi connectivity index (χ2v) is 7.60. The Morgan fingerprint density at radius 3 is 2.97 bits per heavy atom. The van der Waals surface area contributed by atoms with Gasteiger partial charge in [-0.2, -0.15) is 5.10 Å². The van der Waals surface area contributed by atoms with E-state index in [1.165, 1.54) is 22.0 Å².